The van der Waals surface area contributed by atoms with E-state index in [1.807, 2.05) is 18.2 Å². The molecule has 0 fully saturated rings. The van der Waals surface area contributed by atoms with Crippen LogP contribution in [0.15, 0.2) is 75.8 Å². The van der Waals surface area contributed by atoms with Gasteiger partial charge in [-0.1, -0.05) is 42.1 Å². The number of benzene rings is 2. The van der Waals surface area contributed by atoms with Gasteiger partial charge < -0.3 is 14.9 Å². The molecule has 142 valence electrons. The zero-order valence-corrected chi connectivity index (χ0v) is 15.8. The zero-order valence-electron chi connectivity index (χ0n) is 15.0. The molecule has 0 atom stereocenters. The van der Waals surface area contributed by atoms with E-state index >= 15 is 0 Å². The number of aromatic carboxylic acids is 1. The van der Waals surface area contributed by atoms with Gasteiger partial charge in [-0.3, -0.25) is 0 Å². The Morgan fingerprint density at radius 3 is 2.57 bits per heavy atom. The molecule has 2 N–H and O–H groups in total. The second-order valence-corrected chi connectivity index (χ2v) is 6.77. The quantitative estimate of drug-likeness (QED) is 0.720. The highest BCUT2D eigenvalue weighted by Gasteiger charge is 2.33. The summed E-state index contributed by atoms with van der Waals surface area (Å²) in [5.41, 5.74) is 1.34. The Morgan fingerprint density at radius 2 is 1.89 bits per heavy atom. The standard InChI is InChI=1S/C21H17NO5S/c1-2-27-21(26)17-18(23)16(12-13-7-6-8-14(11-13)20(24)25)28-19(17)22-15-9-4-3-5-10-15/h3-12,23H,2H2,1H3,(H,24,25)/b16-12-,22-19?. The summed E-state index contributed by atoms with van der Waals surface area (Å²) in [6.45, 7) is 1.85. The van der Waals surface area contributed by atoms with Gasteiger partial charge in [-0.2, -0.15) is 0 Å². The molecule has 1 aliphatic rings. The van der Waals surface area contributed by atoms with Gasteiger partial charge >= 0.3 is 11.9 Å². The van der Waals surface area contributed by atoms with Crippen molar-refractivity contribution in [3.8, 4) is 0 Å². The van der Waals surface area contributed by atoms with Crippen molar-refractivity contribution in [2.75, 3.05) is 6.61 Å². The summed E-state index contributed by atoms with van der Waals surface area (Å²) >= 11 is 1.12. The molecule has 2 aromatic rings. The van der Waals surface area contributed by atoms with Crippen LogP contribution in [0.4, 0.5) is 5.69 Å². The fourth-order valence-corrected chi connectivity index (χ4v) is 3.56. The normalized spacial score (nSPS) is 16.6. The van der Waals surface area contributed by atoms with Gasteiger partial charge in [-0.15, -0.1) is 0 Å². The van der Waals surface area contributed by atoms with Crippen LogP contribution in [0.3, 0.4) is 0 Å². The number of ether oxygens (including phenoxy) is 1. The summed E-state index contributed by atoms with van der Waals surface area (Å²) in [4.78, 5) is 28.4. The van der Waals surface area contributed by atoms with Crippen molar-refractivity contribution < 1.29 is 24.5 Å². The number of hydrogen-bond acceptors (Lipinski definition) is 6. The Labute approximate surface area is 165 Å². The highest BCUT2D eigenvalue weighted by atomic mass is 32.2. The van der Waals surface area contributed by atoms with Crippen LogP contribution in [0, 0.1) is 0 Å². The summed E-state index contributed by atoms with van der Waals surface area (Å²) in [5, 5.41) is 20.1. The Kier molecular flexibility index (Phi) is 5.96. The SMILES string of the molecule is CCOC(=O)C1=C(O)/C(=C/c2cccc(C(=O)O)c2)SC1=Nc1ccccc1. The van der Waals surface area contributed by atoms with E-state index < -0.39 is 11.9 Å². The minimum atomic E-state index is -1.04. The molecule has 0 unspecified atom stereocenters. The first-order valence-corrected chi connectivity index (χ1v) is 9.29. The van der Waals surface area contributed by atoms with Gasteiger partial charge in [0, 0.05) is 0 Å². The Morgan fingerprint density at radius 1 is 1.14 bits per heavy atom. The first-order valence-electron chi connectivity index (χ1n) is 8.47. The minimum absolute atomic E-state index is 0.00339. The van der Waals surface area contributed by atoms with E-state index in [0.717, 1.165) is 11.8 Å². The fourth-order valence-electron chi connectivity index (χ4n) is 2.52. The van der Waals surface area contributed by atoms with Crippen molar-refractivity contribution in [3.05, 3.63) is 82.0 Å². The van der Waals surface area contributed by atoms with Gasteiger partial charge in [0.2, 0.25) is 0 Å². The Hall–Kier alpha value is -3.32. The van der Waals surface area contributed by atoms with E-state index in [-0.39, 0.29) is 23.5 Å². The molecule has 1 aliphatic heterocycles. The van der Waals surface area contributed by atoms with Crippen LogP contribution in [0.5, 0.6) is 0 Å². The maximum atomic E-state index is 12.4. The molecule has 28 heavy (non-hydrogen) atoms. The summed E-state index contributed by atoms with van der Waals surface area (Å²) in [5.74, 6) is -1.94. The van der Waals surface area contributed by atoms with Gasteiger partial charge in [-0.25, -0.2) is 14.6 Å². The monoisotopic (exact) mass is 395 g/mol. The fraction of sp³-hybridized carbons (Fsp3) is 0.0952. The first kappa shape index (κ1) is 19.4. The number of nitrogens with zero attached hydrogens (tertiary/aromatic N) is 1. The third-order valence-electron chi connectivity index (χ3n) is 3.79. The number of carbonyl (C=O) groups is 2. The maximum Gasteiger partial charge on any atom is 0.344 e. The average molecular weight is 395 g/mol. The predicted molar refractivity (Wildman–Crippen MR) is 109 cm³/mol. The van der Waals surface area contributed by atoms with Crippen molar-refractivity contribution in [1.82, 2.24) is 0 Å². The highest BCUT2D eigenvalue weighted by Crippen LogP contribution is 2.40. The number of aliphatic imine (C=N–C) groups is 1. The molecule has 7 heteroatoms. The van der Waals surface area contributed by atoms with E-state index in [1.54, 1.807) is 37.3 Å². The smallest absolute Gasteiger partial charge is 0.344 e. The molecule has 0 bridgehead atoms. The number of rotatable bonds is 5. The summed E-state index contributed by atoms with van der Waals surface area (Å²) in [6.07, 6.45) is 1.61. The molecule has 3 rings (SSSR count). The molecule has 0 spiro atoms. The van der Waals surface area contributed by atoms with Crippen molar-refractivity contribution in [2.24, 2.45) is 4.99 Å². The number of hydrogen-bond donors (Lipinski definition) is 2. The molecule has 2 aromatic carbocycles. The number of carboxylic acid groups (broad SMARTS) is 1. The van der Waals surface area contributed by atoms with Gasteiger partial charge in [0.25, 0.3) is 0 Å². The molecule has 0 saturated carbocycles. The lowest BCUT2D eigenvalue weighted by molar-refractivity contribution is -0.138. The first-order chi connectivity index (χ1) is 13.5. The van der Waals surface area contributed by atoms with Crippen LogP contribution in [0.2, 0.25) is 0 Å². The zero-order chi connectivity index (χ0) is 20.1. The van der Waals surface area contributed by atoms with Crippen molar-refractivity contribution >= 4 is 40.5 Å². The number of para-hydroxylation sites is 1. The van der Waals surface area contributed by atoms with Crippen LogP contribution in [-0.4, -0.2) is 33.8 Å². The largest absolute Gasteiger partial charge is 0.506 e. The predicted octanol–water partition coefficient (Wildman–Crippen LogP) is 4.58. The van der Waals surface area contributed by atoms with Gasteiger partial charge in [0.15, 0.2) is 0 Å². The molecular weight excluding hydrogens is 378 g/mol. The third-order valence-corrected chi connectivity index (χ3v) is 4.81. The number of aliphatic hydroxyl groups is 1. The highest BCUT2D eigenvalue weighted by molar-refractivity contribution is 8.18. The maximum absolute atomic E-state index is 12.4. The molecule has 0 aliphatic carbocycles. The average Bonchev–Trinajstić information content (AvgIpc) is 2.98. The number of thioether (sulfide) groups is 1. The summed E-state index contributed by atoms with van der Waals surface area (Å²) in [6, 6.07) is 15.4. The summed E-state index contributed by atoms with van der Waals surface area (Å²) in [7, 11) is 0. The van der Waals surface area contributed by atoms with E-state index in [2.05, 4.69) is 4.99 Å². The van der Waals surface area contributed by atoms with Crippen molar-refractivity contribution in [3.63, 3.8) is 0 Å². The van der Waals surface area contributed by atoms with Gasteiger partial charge in [-0.05, 0) is 42.8 Å². The van der Waals surface area contributed by atoms with Crippen LogP contribution in [0.1, 0.15) is 22.8 Å². The van der Waals surface area contributed by atoms with Crippen molar-refractivity contribution in [2.45, 2.75) is 6.92 Å². The molecule has 0 saturated heterocycles. The lowest BCUT2D eigenvalue weighted by atomic mass is 10.1. The number of carbonyl (C=O) groups excluding carboxylic acids is 1. The minimum Gasteiger partial charge on any atom is -0.506 e. The third kappa shape index (κ3) is 4.32. The molecule has 6 nitrogen and oxygen atoms in total. The van der Waals surface area contributed by atoms with Gasteiger partial charge in [0.1, 0.15) is 16.4 Å². The van der Waals surface area contributed by atoms with E-state index in [0.29, 0.717) is 21.2 Å². The van der Waals surface area contributed by atoms with E-state index in [1.165, 1.54) is 12.1 Å². The molecular formula is C21H17NO5S. The molecule has 0 radical (unpaired) electrons. The summed E-state index contributed by atoms with van der Waals surface area (Å²) < 4.78 is 5.06. The Balaban J connectivity index is 2.04. The number of carboxylic acids is 1. The molecule has 1 heterocycles. The van der Waals surface area contributed by atoms with Crippen LogP contribution in [0.25, 0.3) is 6.08 Å². The van der Waals surface area contributed by atoms with Crippen molar-refractivity contribution in [1.29, 1.82) is 0 Å². The topological polar surface area (TPSA) is 96.2 Å². The Bertz CT molecular complexity index is 1010. The van der Waals surface area contributed by atoms with Gasteiger partial charge in [0.05, 0.1) is 22.8 Å². The van der Waals surface area contributed by atoms with Crippen LogP contribution < -0.4 is 0 Å². The lowest BCUT2D eigenvalue weighted by Crippen LogP contribution is -2.12. The second-order valence-electron chi connectivity index (χ2n) is 5.74. The lowest BCUT2D eigenvalue weighted by Gasteiger charge is -2.03. The molecule has 0 amide bonds. The van der Waals surface area contributed by atoms with E-state index in [9.17, 15) is 14.7 Å². The second kappa shape index (κ2) is 8.58. The van der Waals surface area contributed by atoms with Crippen LogP contribution in [-0.2, 0) is 9.53 Å². The molecule has 0 aromatic heterocycles. The van der Waals surface area contributed by atoms with E-state index in [4.69, 9.17) is 9.84 Å². The number of aliphatic hydroxyl groups excluding tert-OH is 1. The van der Waals surface area contributed by atoms with Crippen LogP contribution >= 0.6 is 11.8 Å². The number of esters is 1.